The Morgan fingerprint density at radius 1 is 0.942 bits per heavy atom. The third-order valence-electron chi connectivity index (χ3n) is 8.05. The van der Waals surface area contributed by atoms with Crippen molar-refractivity contribution in [3.63, 3.8) is 0 Å². The summed E-state index contributed by atoms with van der Waals surface area (Å²) in [6.45, 7) is 33.3. The van der Waals surface area contributed by atoms with Crippen LogP contribution in [0.3, 0.4) is 0 Å². The highest BCUT2D eigenvalue weighted by Gasteiger charge is 2.31. The van der Waals surface area contributed by atoms with Gasteiger partial charge in [0.25, 0.3) is 5.91 Å². The summed E-state index contributed by atoms with van der Waals surface area (Å²) in [5, 5.41) is 3.14. The van der Waals surface area contributed by atoms with Gasteiger partial charge in [0.2, 0.25) is 0 Å². The summed E-state index contributed by atoms with van der Waals surface area (Å²) in [6, 6.07) is 16.5. The zero-order valence-corrected chi connectivity index (χ0v) is 34.0. The van der Waals surface area contributed by atoms with Crippen molar-refractivity contribution in [1.82, 2.24) is 9.88 Å². The minimum Gasteiger partial charge on any atom is -0.493 e. The van der Waals surface area contributed by atoms with Gasteiger partial charge >= 0.3 is 0 Å². The third-order valence-corrected chi connectivity index (χ3v) is 8.05. The molecule has 0 aliphatic carbocycles. The topological polar surface area (TPSA) is 52.5 Å². The quantitative estimate of drug-likeness (QED) is 0.119. The van der Waals surface area contributed by atoms with Crippen LogP contribution in [-0.2, 0) is 16.0 Å². The number of amides is 1. The molecule has 0 aliphatic heterocycles. The monoisotopic (exact) mass is 712 g/mol. The number of aromatic nitrogens is 1. The van der Waals surface area contributed by atoms with E-state index in [-0.39, 0.29) is 40.9 Å². The molecule has 1 heterocycles. The van der Waals surface area contributed by atoms with Crippen LogP contribution in [0.15, 0.2) is 104 Å². The molecule has 6 heteroatoms. The van der Waals surface area contributed by atoms with E-state index >= 15 is 0 Å². The number of carbonyl (C=O) groups excluding carboxylic acids is 1. The lowest BCUT2D eigenvalue weighted by molar-refractivity contribution is -0.0734. The summed E-state index contributed by atoms with van der Waals surface area (Å²) in [7, 11) is 0. The van der Waals surface area contributed by atoms with Crippen LogP contribution in [0.25, 0.3) is 22.4 Å². The molecule has 5 nitrogen and oxygen atoms in total. The summed E-state index contributed by atoms with van der Waals surface area (Å²) in [5.74, 6) is 0.502. The second-order valence-corrected chi connectivity index (χ2v) is 15.4. The summed E-state index contributed by atoms with van der Waals surface area (Å²) in [5.41, 5.74) is 4.92. The maximum absolute atomic E-state index is 14.5. The number of ether oxygens (including phenoxy) is 2. The number of hydrogen-bond donors (Lipinski definition) is 1. The number of benzene rings is 2. The molecule has 3 aromatic rings. The lowest BCUT2D eigenvalue weighted by Gasteiger charge is -2.31. The molecular weight excluding hydrogens is 648 g/mol. The Morgan fingerprint density at radius 3 is 2.08 bits per heavy atom. The number of nitrogens with zero attached hydrogens (tertiary/aromatic N) is 1. The number of halogens is 1. The second-order valence-electron chi connectivity index (χ2n) is 15.4. The molecule has 1 amide bonds. The van der Waals surface area contributed by atoms with E-state index in [1.54, 1.807) is 24.3 Å². The Hall–Kier alpha value is -4.16. The average molecular weight is 713 g/mol. The van der Waals surface area contributed by atoms with E-state index in [1.807, 2.05) is 84.0 Å². The van der Waals surface area contributed by atoms with Crippen molar-refractivity contribution >= 4 is 5.91 Å². The fraction of sp³-hybridized carbons (Fsp3) is 0.457. The van der Waals surface area contributed by atoms with E-state index in [2.05, 4.69) is 64.6 Å². The Bertz CT molecular complexity index is 1650. The normalized spacial score (nSPS) is 13.4. The van der Waals surface area contributed by atoms with Crippen molar-refractivity contribution in [3.05, 3.63) is 121 Å². The molecule has 1 aromatic heterocycles. The van der Waals surface area contributed by atoms with Gasteiger partial charge in [-0.15, -0.1) is 0 Å². The van der Waals surface area contributed by atoms with Gasteiger partial charge in [0.1, 0.15) is 11.4 Å². The van der Waals surface area contributed by atoms with Gasteiger partial charge in [-0.3, -0.25) is 4.79 Å². The molecule has 0 bridgehead atoms. The summed E-state index contributed by atoms with van der Waals surface area (Å²) < 4.78 is 29.4. The predicted octanol–water partition coefficient (Wildman–Crippen LogP) is 12.8. The molecule has 284 valence electrons. The van der Waals surface area contributed by atoms with Gasteiger partial charge in [0.15, 0.2) is 0 Å². The number of nitrogens with one attached hydrogen (secondary N) is 1. The Labute approximate surface area is 314 Å². The summed E-state index contributed by atoms with van der Waals surface area (Å²) in [6.07, 6.45) is 9.34. The molecule has 0 aliphatic rings. The molecular formula is C46H65FN2O3. The SMILES string of the molecule is C=C/C=C(\C=C/C)NC(=O)c1c(-c2ccccc2)c(-c2ccc(F)cc2)n(CC[C@H](C[C@@H](C)CC(=C)OC(C)(C)C)OC(C)(C)C)c1C(C)C.CC. The van der Waals surface area contributed by atoms with E-state index in [0.717, 1.165) is 46.7 Å². The molecule has 0 fully saturated rings. The fourth-order valence-electron chi connectivity index (χ4n) is 6.53. The average Bonchev–Trinajstić information content (AvgIpc) is 3.39. The molecule has 52 heavy (non-hydrogen) atoms. The van der Waals surface area contributed by atoms with E-state index in [4.69, 9.17) is 9.47 Å². The van der Waals surface area contributed by atoms with Crippen LogP contribution in [0, 0.1) is 11.7 Å². The molecule has 1 N–H and O–H groups in total. The maximum atomic E-state index is 14.5. The fourth-order valence-corrected chi connectivity index (χ4v) is 6.53. The minimum atomic E-state index is -0.360. The van der Waals surface area contributed by atoms with E-state index in [0.29, 0.717) is 24.2 Å². The first-order valence-corrected chi connectivity index (χ1v) is 18.8. The maximum Gasteiger partial charge on any atom is 0.258 e. The first-order chi connectivity index (χ1) is 24.4. The molecule has 3 rings (SSSR count). The van der Waals surface area contributed by atoms with Gasteiger partial charge in [-0.25, -0.2) is 4.39 Å². The number of rotatable bonds is 16. The number of carbonyl (C=O) groups is 1. The number of hydrogen-bond acceptors (Lipinski definition) is 3. The van der Waals surface area contributed by atoms with Gasteiger partial charge in [0, 0.05) is 29.9 Å². The van der Waals surface area contributed by atoms with E-state index in [9.17, 15) is 9.18 Å². The molecule has 0 radical (unpaired) electrons. The third kappa shape index (κ3) is 13.4. The first kappa shape index (κ1) is 44.0. The van der Waals surface area contributed by atoms with Crippen LogP contribution in [0.4, 0.5) is 4.39 Å². The predicted molar refractivity (Wildman–Crippen MR) is 219 cm³/mol. The van der Waals surface area contributed by atoms with Crippen LogP contribution < -0.4 is 5.32 Å². The first-order valence-electron chi connectivity index (χ1n) is 18.8. The Kier molecular flexibility index (Phi) is 17.1. The minimum absolute atomic E-state index is 0.0141. The van der Waals surface area contributed by atoms with Crippen LogP contribution in [-0.4, -0.2) is 27.8 Å². The zero-order valence-electron chi connectivity index (χ0n) is 34.0. The lowest BCUT2D eigenvalue weighted by atomic mass is 9.94. The molecule has 2 atom stereocenters. The largest absolute Gasteiger partial charge is 0.493 e. The molecule has 0 saturated heterocycles. The van der Waals surface area contributed by atoms with Gasteiger partial charge in [-0.05, 0) is 121 Å². The van der Waals surface area contributed by atoms with Crippen molar-refractivity contribution < 1.29 is 18.7 Å². The van der Waals surface area contributed by atoms with E-state index < -0.39 is 0 Å². The smallest absolute Gasteiger partial charge is 0.258 e. The van der Waals surface area contributed by atoms with Gasteiger partial charge in [0.05, 0.1) is 28.7 Å². The van der Waals surface area contributed by atoms with Crippen LogP contribution in [0.2, 0.25) is 0 Å². The van der Waals surface area contributed by atoms with Gasteiger partial charge < -0.3 is 19.4 Å². The Morgan fingerprint density at radius 2 is 1.56 bits per heavy atom. The lowest BCUT2D eigenvalue weighted by Crippen LogP contribution is -2.30. The van der Waals surface area contributed by atoms with E-state index in [1.165, 1.54) is 12.1 Å². The van der Waals surface area contributed by atoms with Crippen LogP contribution in [0.5, 0.6) is 0 Å². The van der Waals surface area contributed by atoms with Crippen LogP contribution in [0.1, 0.15) is 124 Å². The van der Waals surface area contributed by atoms with Crippen molar-refractivity contribution in [2.24, 2.45) is 5.92 Å². The number of allylic oxidation sites excluding steroid dienone is 5. The van der Waals surface area contributed by atoms with Gasteiger partial charge in [-0.1, -0.05) is 90.3 Å². The van der Waals surface area contributed by atoms with Gasteiger partial charge in [-0.2, -0.15) is 0 Å². The van der Waals surface area contributed by atoms with Crippen molar-refractivity contribution in [2.45, 2.75) is 132 Å². The summed E-state index contributed by atoms with van der Waals surface area (Å²) in [4.78, 5) is 14.5. The molecule has 0 spiro atoms. The Balaban J connectivity index is 0.00000460. The van der Waals surface area contributed by atoms with Crippen molar-refractivity contribution in [1.29, 1.82) is 0 Å². The molecule has 2 aromatic carbocycles. The standard InChI is InChI=1S/C44H59FN2O3.C2H6/c1-13-18-36(19-14-2)46-42(48)39-38(33-20-16-15-17-21-33)41(34-22-24-35(45)25-23-34)47(40(39)30(3)4)27-26-37(50-44(10,11)12)29-31(5)28-32(6)49-43(7,8)9;1-2/h13-25,30-31,37H,1,6,26-29H2,2-5,7-12H3,(H,46,48);1-2H3/b19-14-,36-18+;/t31-,37+;/m0./s1. The zero-order chi connectivity index (χ0) is 39.2. The van der Waals surface area contributed by atoms with Crippen molar-refractivity contribution in [2.75, 3.05) is 0 Å². The molecule has 0 saturated carbocycles. The van der Waals surface area contributed by atoms with Crippen molar-refractivity contribution in [3.8, 4) is 22.4 Å². The highest BCUT2D eigenvalue weighted by atomic mass is 19.1. The highest BCUT2D eigenvalue weighted by molar-refractivity contribution is 6.07. The molecule has 0 unspecified atom stereocenters. The second kappa shape index (κ2) is 20.2. The highest BCUT2D eigenvalue weighted by Crippen LogP contribution is 2.42. The van der Waals surface area contributed by atoms with Crippen LogP contribution >= 0.6 is 0 Å². The summed E-state index contributed by atoms with van der Waals surface area (Å²) >= 11 is 0.